The normalized spacial score (nSPS) is 10.4. The molecule has 0 saturated heterocycles. The number of carboxylic acids is 1. The number of amides is 1. The van der Waals surface area contributed by atoms with Crippen LogP contribution in [0.5, 0.6) is 5.75 Å². The molecule has 146 valence electrons. The first-order chi connectivity index (χ1) is 13.4. The number of anilines is 1. The molecule has 0 fully saturated rings. The summed E-state index contributed by atoms with van der Waals surface area (Å²) in [4.78, 5) is 23.5. The fourth-order valence-electron chi connectivity index (χ4n) is 2.88. The number of rotatable bonds is 7. The summed E-state index contributed by atoms with van der Waals surface area (Å²) in [5.74, 6) is -0.940. The largest absolute Gasteiger partial charge is 1.00 e. The number of aromatic carboxylic acids is 1. The second kappa shape index (κ2) is 10.2. The maximum Gasteiger partial charge on any atom is 1.00 e. The minimum atomic E-state index is -1.34. The van der Waals surface area contributed by atoms with Crippen LogP contribution in [0.25, 0.3) is 11.3 Å². The van der Waals surface area contributed by atoms with Crippen LogP contribution in [0.1, 0.15) is 35.0 Å². The second-order valence-corrected chi connectivity index (χ2v) is 6.38. The molecular weight excluding hydrogens is 401 g/mol. The van der Waals surface area contributed by atoms with Crippen molar-refractivity contribution in [2.24, 2.45) is 0 Å². The van der Waals surface area contributed by atoms with Crippen LogP contribution in [0.2, 0.25) is 0 Å². The molecule has 3 aromatic rings. The van der Waals surface area contributed by atoms with Crippen molar-refractivity contribution in [3.05, 3.63) is 53.5 Å². The summed E-state index contributed by atoms with van der Waals surface area (Å²) >= 11 is 0. The third-order valence-electron chi connectivity index (χ3n) is 4.48. The van der Waals surface area contributed by atoms with Crippen molar-refractivity contribution in [3.8, 4) is 17.0 Å². The molecule has 8 nitrogen and oxygen atoms in total. The van der Waals surface area contributed by atoms with Crippen LogP contribution in [-0.4, -0.2) is 26.7 Å². The van der Waals surface area contributed by atoms with Gasteiger partial charge in [0, 0.05) is 48.5 Å². The number of phenols is 1. The number of aryl methyl sites for hydroxylation is 2. The first-order valence-electron chi connectivity index (χ1n) is 8.84. The van der Waals surface area contributed by atoms with Gasteiger partial charge >= 0.3 is 51.4 Å². The van der Waals surface area contributed by atoms with E-state index in [4.69, 9.17) is 4.52 Å². The van der Waals surface area contributed by atoms with Gasteiger partial charge in [0.05, 0.1) is 11.7 Å². The Hall–Kier alpha value is -1.91. The van der Waals surface area contributed by atoms with E-state index < -0.39 is 5.97 Å². The Bertz CT molecular complexity index is 1010. The summed E-state index contributed by atoms with van der Waals surface area (Å²) in [6.45, 7) is 4.29. The molecule has 0 radical (unpaired) electrons. The van der Waals surface area contributed by atoms with Gasteiger partial charge in [0.15, 0.2) is 0 Å². The molecule has 2 N–H and O–H groups in total. The summed E-state index contributed by atoms with van der Waals surface area (Å²) in [6.07, 6.45) is 3.41. The Morgan fingerprint density at radius 1 is 1.24 bits per heavy atom. The van der Waals surface area contributed by atoms with Crippen molar-refractivity contribution >= 4 is 17.6 Å². The van der Waals surface area contributed by atoms with E-state index in [-0.39, 0.29) is 80.7 Å². The van der Waals surface area contributed by atoms with Crippen LogP contribution >= 0.6 is 0 Å². The van der Waals surface area contributed by atoms with Gasteiger partial charge in [-0.05, 0) is 38.1 Å². The summed E-state index contributed by atoms with van der Waals surface area (Å²) in [6, 6.07) is 6.59. The minimum Gasteiger partial charge on any atom is -0.545 e. The van der Waals surface area contributed by atoms with E-state index >= 15 is 0 Å². The number of carbonyl (C=O) groups is 2. The molecule has 0 aliphatic rings. The number of aromatic hydroxyl groups is 1. The van der Waals surface area contributed by atoms with E-state index in [0.717, 1.165) is 11.1 Å². The first-order valence-corrected chi connectivity index (χ1v) is 8.84. The van der Waals surface area contributed by atoms with E-state index in [1.165, 1.54) is 6.20 Å². The van der Waals surface area contributed by atoms with Gasteiger partial charge in [-0.15, -0.1) is 0 Å². The number of nitrogens with zero attached hydrogens (tertiary/aromatic N) is 2. The summed E-state index contributed by atoms with van der Waals surface area (Å²) in [5, 5.41) is 27.2. The monoisotopic (exact) mass is 421 g/mol. The molecule has 1 amide bonds. The standard InChI is InChI=1S/C20H21N3O5.K/c1-3-23-10-15(20(26)27)16(11-23)21-18(25)9-8-17-12(2)19(22-28-17)13-4-6-14(24)7-5-13;/h4-7,10-11,24H,3,8-9H2,1-2H3,(H,21,25)(H,26,27);/q;+1/p-1. The summed E-state index contributed by atoms with van der Waals surface area (Å²) in [5.41, 5.74) is 2.42. The average molecular weight is 421 g/mol. The zero-order chi connectivity index (χ0) is 20.3. The van der Waals surface area contributed by atoms with Crippen molar-refractivity contribution < 1.29 is 75.7 Å². The SMILES string of the molecule is CCn1cc(NC(=O)CCc2onc(-c3ccc(O)cc3)c2C)c(C(=O)[O-])c1.[K+]. The number of hydrogen-bond acceptors (Lipinski definition) is 6. The third kappa shape index (κ3) is 5.58. The molecule has 0 saturated carbocycles. The maximum atomic E-state index is 12.3. The molecule has 0 unspecified atom stereocenters. The van der Waals surface area contributed by atoms with Gasteiger partial charge < -0.3 is 29.4 Å². The molecule has 29 heavy (non-hydrogen) atoms. The Labute approximate surface area is 210 Å². The van der Waals surface area contributed by atoms with Gasteiger partial charge in [0.25, 0.3) is 0 Å². The maximum absolute atomic E-state index is 12.3. The van der Waals surface area contributed by atoms with Gasteiger partial charge in [-0.3, -0.25) is 4.79 Å². The Kier molecular flexibility index (Phi) is 8.23. The zero-order valence-electron chi connectivity index (χ0n) is 16.6. The Balaban J connectivity index is 0.00000300. The molecule has 9 heteroatoms. The number of nitrogens with one attached hydrogen (secondary N) is 1. The smallest absolute Gasteiger partial charge is 0.545 e. The van der Waals surface area contributed by atoms with Gasteiger partial charge in [0.1, 0.15) is 17.2 Å². The fraction of sp³-hybridized carbons (Fsp3) is 0.250. The fourth-order valence-corrected chi connectivity index (χ4v) is 2.88. The number of carboxylic acid groups (broad SMARTS) is 1. The van der Waals surface area contributed by atoms with Crippen LogP contribution in [0, 0.1) is 6.92 Å². The quantitative estimate of drug-likeness (QED) is 0.478. The topological polar surface area (TPSA) is 120 Å². The molecule has 3 rings (SSSR count). The third-order valence-corrected chi connectivity index (χ3v) is 4.48. The van der Waals surface area contributed by atoms with Gasteiger partial charge in [-0.2, -0.15) is 0 Å². The summed E-state index contributed by atoms with van der Waals surface area (Å²) in [7, 11) is 0. The first kappa shape index (κ1) is 23.4. The van der Waals surface area contributed by atoms with Crippen molar-refractivity contribution in [1.29, 1.82) is 0 Å². The van der Waals surface area contributed by atoms with Gasteiger partial charge in [-0.1, -0.05) is 5.16 Å². The van der Waals surface area contributed by atoms with E-state index in [1.54, 1.807) is 35.0 Å². The van der Waals surface area contributed by atoms with Gasteiger partial charge in [-0.25, -0.2) is 0 Å². The van der Waals surface area contributed by atoms with E-state index in [0.29, 0.717) is 24.4 Å². The van der Waals surface area contributed by atoms with Crippen LogP contribution in [0.15, 0.2) is 41.2 Å². The van der Waals surface area contributed by atoms with E-state index in [2.05, 4.69) is 10.5 Å². The number of aromatic nitrogens is 2. The van der Waals surface area contributed by atoms with Crippen LogP contribution < -0.4 is 61.8 Å². The second-order valence-electron chi connectivity index (χ2n) is 6.38. The minimum absolute atomic E-state index is 0. The number of benzene rings is 1. The van der Waals surface area contributed by atoms with Crippen molar-refractivity contribution in [2.75, 3.05) is 5.32 Å². The van der Waals surface area contributed by atoms with Crippen molar-refractivity contribution in [2.45, 2.75) is 33.2 Å². The van der Waals surface area contributed by atoms with Crippen LogP contribution in [-0.2, 0) is 17.8 Å². The molecule has 1 aromatic carbocycles. The predicted octanol–water partition coefficient (Wildman–Crippen LogP) is -0.884. The van der Waals surface area contributed by atoms with E-state index in [9.17, 15) is 19.8 Å². The number of phenolic OH excluding ortho intramolecular Hbond substituents is 1. The zero-order valence-corrected chi connectivity index (χ0v) is 19.7. The number of hydrogen-bond donors (Lipinski definition) is 2. The van der Waals surface area contributed by atoms with Crippen LogP contribution in [0.3, 0.4) is 0 Å². The Morgan fingerprint density at radius 3 is 2.55 bits per heavy atom. The van der Waals surface area contributed by atoms with Crippen molar-refractivity contribution in [3.63, 3.8) is 0 Å². The molecule has 0 bridgehead atoms. The molecule has 2 heterocycles. The summed E-state index contributed by atoms with van der Waals surface area (Å²) < 4.78 is 7.02. The van der Waals surface area contributed by atoms with Crippen molar-refractivity contribution in [1.82, 2.24) is 9.72 Å². The van der Waals surface area contributed by atoms with E-state index in [1.807, 2.05) is 13.8 Å². The molecule has 0 atom stereocenters. The van der Waals surface area contributed by atoms with Crippen LogP contribution in [0.4, 0.5) is 5.69 Å². The molecule has 0 aliphatic heterocycles. The molecule has 0 spiro atoms. The molecule has 2 aromatic heterocycles. The number of carbonyl (C=O) groups excluding carboxylic acids is 2. The average Bonchev–Trinajstić information content (AvgIpc) is 3.24. The molecule has 0 aliphatic carbocycles. The molecular formula is C20H20KN3O5. The predicted molar refractivity (Wildman–Crippen MR) is 99.7 cm³/mol. The van der Waals surface area contributed by atoms with Gasteiger partial charge in [0.2, 0.25) is 5.91 Å². The Morgan fingerprint density at radius 2 is 1.93 bits per heavy atom.